The summed E-state index contributed by atoms with van der Waals surface area (Å²) in [7, 11) is 1.10. The number of rotatable bonds is 2. The number of aryl methyl sites for hydroxylation is 1. The molecule has 1 atom stereocenters. The minimum Gasteiger partial charge on any atom is -0.465 e. The first-order chi connectivity index (χ1) is 14.8. The van der Waals surface area contributed by atoms with Crippen LogP contribution in [-0.4, -0.2) is 31.7 Å². The Morgan fingerprint density at radius 2 is 1.94 bits per heavy atom. The second kappa shape index (κ2) is 7.01. The lowest BCUT2D eigenvalue weighted by atomic mass is 9.69. The van der Waals surface area contributed by atoms with E-state index in [1.807, 2.05) is 0 Å². The molecule has 2 aliphatic heterocycles. The van der Waals surface area contributed by atoms with Gasteiger partial charge in [0.05, 0.1) is 19.4 Å². The highest BCUT2D eigenvalue weighted by Gasteiger charge is 2.64. The SMILES string of the molecule is CCOC(=O)N1C(=O)C2(C(C(=O)OC)=C(N)Oc3cc(C)oc(=O)c32)c2ccccc21. The molecule has 2 aliphatic rings. The Morgan fingerprint density at radius 3 is 2.61 bits per heavy atom. The summed E-state index contributed by atoms with van der Waals surface area (Å²) >= 11 is 0. The number of amides is 2. The van der Waals surface area contributed by atoms with Gasteiger partial charge in [0, 0.05) is 11.6 Å². The van der Waals surface area contributed by atoms with Crippen LogP contribution < -0.4 is 21.0 Å². The maximum absolute atomic E-state index is 13.9. The van der Waals surface area contributed by atoms with E-state index in [9.17, 15) is 19.2 Å². The van der Waals surface area contributed by atoms with E-state index in [0.29, 0.717) is 0 Å². The van der Waals surface area contributed by atoms with E-state index in [4.69, 9.17) is 24.4 Å². The smallest absolute Gasteiger partial charge is 0.421 e. The third kappa shape index (κ3) is 2.57. The van der Waals surface area contributed by atoms with Crippen LogP contribution in [0.1, 0.15) is 23.8 Å². The Balaban J connectivity index is 2.17. The van der Waals surface area contributed by atoms with E-state index >= 15 is 0 Å². The molecule has 2 aromatic rings. The third-order valence-electron chi connectivity index (χ3n) is 5.17. The number of nitrogens with zero attached hydrogens (tertiary/aromatic N) is 1. The number of imide groups is 1. The molecule has 1 aromatic carbocycles. The van der Waals surface area contributed by atoms with Gasteiger partial charge in [0.2, 0.25) is 5.88 Å². The summed E-state index contributed by atoms with van der Waals surface area (Å²) in [6, 6.07) is 7.58. The van der Waals surface area contributed by atoms with Crippen LogP contribution in [0.25, 0.3) is 0 Å². The van der Waals surface area contributed by atoms with Crippen molar-refractivity contribution >= 4 is 23.7 Å². The van der Waals surface area contributed by atoms with Crippen molar-refractivity contribution < 1.29 is 33.0 Å². The summed E-state index contributed by atoms with van der Waals surface area (Å²) in [5.41, 5.74) is 2.61. The molecular formula is C21H18N2O8. The highest BCUT2D eigenvalue weighted by atomic mass is 16.6. The summed E-state index contributed by atoms with van der Waals surface area (Å²) in [5, 5.41) is 0. The third-order valence-corrected chi connectivity index (χ3v) is 5.17. The zero-order valence-corrected chi connectivity index (χ0v) is 16.9. The Kier molecular flexibility index (Phi) is 4.57. The van der Waals surface area contributed by atoms with E-state index < -0.39 is 40.5 Å². The van der Waals surface area contributed by atoms with Crippen LogP contribution in [0.3, 0.4) is 0 Å². The predicted octanol–water partition coefficient (Wildman–Crippen LogP) is 1.47. The second-order valence-electron chi connectivity index (χ2n) is 6.82. The van der Waals surface area contributed by atoms with Gasteiger partial charge in [-0.3, -0.25) is 4.79 Å². The maximum Gasteiger partial charge on any atom is 0.421 e. The van der Waals surface area contributed by atoms with Crippen molar-refractivity contribution in [2.75, 3.05) is 18.6 Å². The quantitative estimate of drug-likeness (QED) is 0.707. The van der Waals surface area contributed by atoms with Gasteiger partial charge in [0.15, 0.2) is 5.41 Å². The summed E-state index contributed by atoms with van der Waals surface area (Å²) in [4.78, 5) is 53.2. The van der Waals surface area contributed by atoms with E-state index in [-0.39, 0.29) is 34.9 Å². The first-order valence-electron chi connectivity index (χ1n) is 9.31. The largest absolute Gasteiger partial charge is 0.465 e. The lowest BCUT2D eigenvalue weighted by molar-refractivity contribution is -0.138. The number of benzene rings is 1. The Labute approximate surface area is 175 Å². The highest BCUT2D eigenvalue weighted by Crippen LogP contribution is 2.54. The molecule has 0 fully saturated rings. The summed E-state index contributed by atoms with van der Waals surface area (Å²) in [6.07, 6.45) is -0.968. The topological polar surface area (TPSA) is 138 Å². The van der Waals surface area contributed by atoms with Gasteiger partial charge in [-0.25, -0.2) is 19.3 Å². The average molecular weight is 426 g/mol. The maximum atomic E-state index is 13.9. The minimum atomic E-state index is -2.12. The van der Waals surface area contributed by atoms with E-state index in [0.717, 1.165) is 12.0 Å². The fourth-order valence-electron chi connectivity index (χ4n) is 4.07. The Morgan fingerprint density at radius 1 is 1.23 bits per heavy atom. The molecule has 4 rings (SSSR count). The monoisotopic (exact) mass is 426 g/mol. The molecule has 10 heteroatoms. The first kappa shape index (κ1) is 20.2. The number of hydrogen-bond acceptors (Lipinski definition) is 9. The summed E-state index contributed by atoms with van der Waals surface area (Å²) in [5.74, 6) is -2.23. The number of para-hydroxylation sites is 1. The van der Waals surface area contributed by atoms with Gasteiger partial charge in [-0.15, -0.1) is 0 Å². The van der Waals surface area contributed by atoms with Crippen molar-refractivity contribution in [3.05, 3.63) is 69.1 Å². The fraction of sp³-hybridized carbons (Fsp3) is 0.238. The summed E-state index contributed by atoms with van der Waals surface area (Å²) < 4.78 is 20.7. The number of carbonyl (C=O) groups excluding carboxylic acids is 3. The number of carbonyl (C=O) groups is 3. The van der Waals surface area contributed by atoms with Gasteiger partial charge in [0.1, 0.15) is 22.6 Å². The molecule has 0 bridgehead atoms. The molecule has 0 radical (unpaired) electrons. The molecule has 31 heavy (non-hydrogen) atoms. The van der Waals surface area contributed by atoms with Crippen molar-refractivity contribution in [2.24, 2.45) is 5.73 Å². The zero-order chi connectivity index (χ0) is 22.5. The molecular weight excluding hydrogens is 408 g/mol. The van der Waals surface area contributed by atoms with Gasteiger partial charge in [-0.2, -0.15) is 0 Å². The standard InChI is InChI=1S/C21H18N2O8/c1-4-29-20(27)23-12-8-6-5-7-11(12)21(19(23)26)14-13(9-10(2)30-18(14)25)31-16(22)15(21)17(24)28-3/h5-9H,4,22H2,1-3H3. The van der Waals surface area contributed by atoms with Crippen LogP contribution in [-0.2, 0) is 24.5 Å². The van der Waals surface area contributed by atoms with Crippen LogP contribution in [0, 0.1) is 6.92 Å². The molecule has 0 saturated heterocycles. The number of ether oxygens (including phenoxy) is 3. The molecule has 2 amide bonds. The molecule has 0 saturated carbocycles. The number of nitrogens with two attached hydrogens (primary N) is 1. The van der Waals surface area contributed by atoms with Crippen LogP contribution in [0.15, 0.2) is 51.0 Å². The van der Waals surface area contributed by atoms with Crippen molar-refractivity contribution in [3.63, 3.8) is 0 Å². The van der Waals surface area contributed by atoms with Crippen molar-refractivity contribution in [3.8, 4) is 5.75 Å². The average Bonchev–Trinajstić information content (AvgIpc) is 2.96. The van der Waals surface area contributed by atoms with Gasteiger partial charge < -0.3 is 24.4 Å². The van der Waals surface area contributed by atoms with Crippen LogP contribution in [0.5, 0.6) is 5.75 Å². The van der Waals surface area contributed by atoms with Gasteiger partial charge in [-0.05, 0) is 19.9 Å². The fourth-order valence-corrected chi connectivity index (χ4v) is 4.07. The molecule has 0 aliphatic carbocycles. The van der Waals surface area contributed by atoms with E-state index in [2.05, 4.69) is 0 Å². The number of hydrogen-bond donors (Lipinski definition) is 1. The van der Waals surface area contributed by atoms with Gasteiger partial charge >= 0.3 is 17.7 Å². The van der Waals surface area contributed by atoms with Crippen LogP contribution in [0.4, 0.5) is 10.5 Å². The highest BCUT2D eigenvalue weighted by molar-refractivity contribution is 6.26. The minimum absolute atomic E-state index is 0.000644. The van der Waals surface area contributed by atoms with Crippen molar-refractivity contribution in [1.82, 2.24) is 0 Å². The summed E-state index contributed by atoms with van der Waals surface area (Å²) in [6.45, 7) is 3.10. The number of anilines is 1. The lowest BCUT2D eigenvalue weighted by Gasteiger charge is -2.34. The number of methoxy groups -OCH3 is 1. The zero-order valence-electron chi connectivity index (χ0n) is 16.9. The molecule has 10 nitrogen and oxygen atoms in total. The Bertz CT molecular complexity index is 1230. The Hall–Kier alpha value is -4.08. The van der Waals surface area contributed by atoms with Crippen molar-refractivity contribution in [2.45, 2.75) is 19.3 Å². The molecule has 3 heterocycles. The van der Waals surface area contributed by atoms with Crippen LogP contribution >= 0.6 is 0 Å². The predicted molar refractivity (Wildman–Crippen MR) is 105 cm³/mol. The molecule has 160 valence electrons. The lowest BCUT2D eigenvalue weighted by Crippen LogP contribution is -2.52. The van der Waals surface area contributed by atoms with Crippen LogP contribution in [0.2, 0.25) is 0 Å². The van der Waals surface area contributed by atoms with Crippen molar-refractivity contribution in [1.29, 1.82) is 0 Å². The number of esters is 1. The molecule has 1 spiro atoms. The second-order valence-corrected chi connectivity index (χ2v) is 6.82. The first-order valence-corrected chi connectivity index (χ1v) is 9.31. The molecule has 1 aromatic heterocycles. The number of fused-ring (bicyclic) bond motifs is 4. The van der Waals surface area contributed by atoms with E-state index in [1.54, 1.807) is 19.1 Å². The van der Waals surface area contributed by atoms with E-state index in [1.165, 1.54) is 25.1 Å². The molecule has 2 N–H and O–H groups in total. The van der Waals surface area contributed by atoms with Gasteiger partial charge in [0.25, 0.3) is 5.91 Å². The molecule has 1 unspecified atom stereocenters. The van der Waals surface area contributed by atoms with Gasteiger partial charge in [-0.1, -0.05) is 18.2 Å². The normalized spacial score (nSPS) is 19.1.